The van der Waals surface area contributed by atoms with Crippen LogP contribution in [0.15, 0.2) is 42.5 Å². The van der Waals surface area contributed by atoms with E-state index in [1.54, 1.807) is 18.4 Å². The van der Waals surface area contributed by atoms with E-state index in [-0.39, 0.29) is 0 Å². The highest BCUT2D eigenvalue weighted by molar-refractivity contribution is 7.26. The van der Waals surface area contributed by atoms with E-state index in [1.807, 2.05) is 30.3 Å². The number of methoxy groups -OCH3 is 1. The number of aromatic nitrogens is 1. The van der Waals surface area contributed by atoms with Crippen LogP contribution in [0.5, 0.6) is 5.75 Å². The van der Waals surface area contributed by atoms with Crippen LogP contribution in [-0.2, 0) is 0 Å². The Morgan fingerprint density at radius 1 is 1.10 bits per heavy atom. The molecule has 2 heterocycles. The second-order valence-electron chi connectivity index (χ2n) is 4.59. The number of fused-ring (bicyclic) bond motifs is 5. The fourth-order valence-electron chi connectivity index (χ4n) is 2.56. The topological polar surface area (TPSA) is 22.1 Å². The molecule has 2 nitrogen and oxygen atoms in total. The maximum Gasteiger partial charge on any atom is 0.147 e. The molecule has 2 aromatic carbocycles. The number of rotatable bonds is 1. The molecule has 0 atom stereocenters. The minimum Gasteiger partial charge on any atom is -0.497 e. The van der Waals surface area contributed by atoms with Gasteiger partial charge in [-0.1, -0.05) is 29.8 Å². The van der Waals surface area contributed by atoms with Crippen LogP contribution >= 0.6 is 22.9 Å². The van der Waals surface area contributed by atoms with Crippen LogP contribution < -0.4 is 4.74 Å². The summed E-state index contributed by atoms with van der Waals surface area (Å²) in [4.78, 5) is 4.49. The van der Waals surface area contributed by atoms with Crippen LogP contribution in [0, 0.1) is 0 Å². The Morgan fingerprint density at radius 3 is 2.80 bits per heavy atom. The number of thiophene rings is 1. The quantitative estimate of drug-likeness (QED) is 0.447. The van der Waals surface area contributed by atoms with Gasteiger partial charge in [-0.15, -0.1) is 11.3 Å². The van der Waals surface area contributed by atoms with Crippen molar-refractivity contribution in [2.45, 2.75) is 0 Å². The van der Waals surface area contributed by atoms with Gasteiger partial charge in [-0.2, -0.15) is 0 Å². The van der Waals surface area contributed by atoms with E-state index >= 15 is 0 Å². The van der Waals surface area contributed by atoms with Gasteiger partial charge in [-0.25, -0.2) is 4.98 Å². The minimum absolute atomic E-state index is 0.568. The summed E-state index contributed by atoms with van der Waals surface area (Å²) in [5, 5.41) is 4.09. The van der Waals surface area contributed by atoms with Crippen LogP contribution in [0.3, 0.4) is 0 Å². The third kappa shape index (κ3) is 1.60. The molecular weight excluding hydrogens is 290 g/mol. The Labute approximate surface area is 124 Å². The molecule has 4 heteroatoms. The molecule has 4 aromatic rings. The third-order valence-electron chi connectivity index (χ3n) is 3.48. The predicted octanol–water partition coefficient (Wildman–Crippen LogP) is 5.26. The standard InChI is InChI=1S/C16H10ClNOS/c1-19-9-6-7-11-13(8-9)20-15-14(11)10-4-2-3-5-12(10)18-16(15)17/h2-8H,1H3. The fraction of sp³-hybridized carbons (Fsp3) is 0.0625. The molecule has 0 aliphatic rings. The van der Waals surface area contributed by atoms with E-state index < -0.39 is 0 Å². The highest BCUT2D eigenvalue weighted by atomic mass is 35.5. The Kier molecular flexibility index (Phi) is 2.59. The van der Waals surface area contributed by atoms with Crippen LogP contribution in [0.25, 0.3) is 31.1 Å². The third-order valence-corrected chi connectivity index (χ3v) is 5.02. The number of hydrogen-bond acceptors (Lipinski definition) is 3. The molecule has 0 amide bonds. The number of ether oxygens (including phenoxy) is 1. The van der Waals surface area contributed by atoms with E-state index in [9.17, 15) is 0 Å². The van der Waals surface area contributed by atoms with Gasteiger partial charge in [0.05, 0.1) is 17.3 Å². The van der Waals surface area contributed by atoms with Gasteiger partial charge in [0.2, 0.25) is 0 Å². The number of halogens is 1. The van der Waals surface area contributed by atoms with E-state index in [4.69, 9.17) is 16.3 Å². The summed E-state index contributed by atoms with van der Waals surface area (Å²) in [5.41, 5.74) is 0.931. The van der Waals surface area contributed by atoms with Crippen molar-refractivity contribution in [2.24, 2.45) is 0 Å². The number of nitrogens with zero attached hydrogens (tertiary/aromatic N) is 1. The first-order chi connectivity index (χ1) is 9.78. The number of pyridine rings is 1. The first-order valence-electron chi connectivity index (χ1n) is 6.22. The Balaban J connectivity index is 2.27. The number of benzene rings is 2. The molecule has 0 saturated carbocycles. The first kappa shape index (κ1) is 11.9. The van der Waals surface area contributed by atoms with Gasteiger partial charge in [0.15, 0.2) is 0 Å². The maximum atomic E-state index is 6.35. The summed E-state index contributed by atoms with van der Waals surface area (Å²) in [7, 11) is 1.68. The highest BCUT2D eigenvalue weighted by Crippen LogP contribution is 2.41. The summed E-state index contributed by atoms with van der Waals surface area (Å²) in [5.74, 6) is 0.859. The van der Waals surface area contributed by atoms with Gasteiger partial charge in [-0.05, 0) is 24.3 Å². The molecule has 0 N–H and O–H groups in total. The van der Waals surface area contributed by atoms with Crippen LogP contribution in [0.2, 0.25) is 5.15 Å². The lowest BCUT2D eigenvalue weighted by Crippen LogP contribution is -1.82. The van der Waals surface area contributed by atoms with Crippen LogP contribution in [0.4, 0.5) is 0 Å². The van der Waals surface area contributed by atoms with Gasteiger partial charge in [0.1, 0.15) is 10.9 Å². The zero-order chi connectivity index (χ0) is 13.7. The minimum atomic E-state index is 0.568. The zero-order valence-electron chi connectivity index (χ0n) is 10.7. The van der Waals surface area contributed by atoms with Crippen molar-refractivity contribution in [2.75, 3.05) is 7.11 Å². The molecule has 0 saturated heterocycles. The van der Waals surface area contributed by atoms with Crippen LogP contribution in [-0.4, -0.2) is 12.1 Å². The SMILES string of the molecule is COc1ccc2c(c1)sc1c(Cl)nc3ccccc3c12. The smallest absolute Gasteiger partial charge is 0.147 e. The van der Waals surface area contributed by atoms with Crippen molar-refractivity contribution >= 4 is 54.0 Å². The van der Waals surface area contributed by atoms with E-state index in [2.05, 4.69) is 17.1 Å². The molecule has 2 aromatic heterocycles. The molecule has 0 radical (unpaired) electrons. The normalized spacial score (nSPS) is 11.5. The molecule has 98 valence electrons. The number of para-hydroxylation sites is 1. The van der Waals surface area contributed by atoms with Crippen molar-refractivity contribution in [1.29, 1.82) is 0 Å². The summed E-state index contributed by atoms with van der Waals surface area (Å²) in [6.45, 7) is 0. The average Bonchev–Trinajstić information content (AvgIpc) is 2.86. The molecule has 0 aliphatic heterocycles. The highest BCUT2D eigenvalue weighted by Gasteiger charge is 2.13. The molecule has 0 aliphatic carbocycles. The monoisotopic (exact) mass is 299 g/mol. The second kappa shape index (κ2) is 4.33. The van der Waals surface area contributed by atoms with Gasteiger partial charge in [-0.3, -0.25) is 0 Å². The lowest BCUT2D eigenvalue weighted by molar-refractivity contribution is 0.415. The molecule has 0 fully saturated rings. The lowest BCUT2D eigenvalue weighted by Gasteiger charge is -2.02. The molecule has 0 unspecified atom stereocenters. The van der Waals surface area contributed by atoms with Crippen molar-refractivity contribution in [1.82, 2.24) is 4.98 Å². The molecule has 0 spiro atoms. The van der Waals surface area contributed by atoms with Gasteiger partial charge in [0.25, 0.3) is 0 Å². The zero-order valence-corrected chi connectivity index (χ0v) is 12.3. The largest absolute Gasteiger partial charge is 0.497 e. The van der Waals surface area contributed by atoms with Crippen molar-refractivity contribution < 1.29 is 4.74 Å². The van der Waals surface area contributed by atoms with E-state index in [1.165, 1.54) is 15.5 Å². The summed E-state index contributed by atoms with van der Waals surface area (Å²) in [6.07, 6.45) is 0. The first-order valence-corrected chi connectivity index (χ1v) is 7.42. The Morgan fingerprint density at radius 2 is 1.95 bits per heavy atom. The fourth-order valence-corrected chi connectivity index (χ4v) is 3.98. The molecule has 20 heavy (non-hydrogen) atoms. The second-order valence-corrected chi connectivity index (χ2v) is 6.00. The summed E-state index contributed by atoms with van der Waals surface area (Å²) >= 11 is 8.01. The summed E-state index contributed by atoms with van der Waals surface area (Å²) in [6, 6.07) is 14.2. The average molecular weight is 300 g/mol. The van der Waals surface area contributed by atoms with Gasteiger partial charge < -0.3 is 4.74 Å². The van der Waals surface area contributed by atoms with Crippen molar-refractivity contribution in [3.63, 3.8) is 0 Å². The molecule has 4 rings (SSSR count). The number of hydrogen-bond donors (Lipinski definition) is 0. The van der Waals surface area contributed by atoms with Crippen LogP contribution in [0.1, 0.15) is 0 Å². The molecular formula is C16H10ClNOS. The summed E-state index contributed by atoms with van der Waals surface area (Å²) < 4.78 is 7.50. The van der Waals surface area contributed by atoms with E-state index in [0.29, 0.717) is 5.15 Å². The van der Waals surface area contributed by atoms with Gasteiger partial charge in [0, 0.05) is 20.9 Å². The predicted molar refractivity (Wildman–Crippen MR) is 86.2 cm³/mol. The van der Waals surface area contributed by atoms with Gasteiger partial charge >= 0.3 is 0 Å². The maximum absolute atomic E-state index is 6.35. The lowest BCUT2D eigenvalue weighted by atomic mass is 10.1. The van der Waals surface area contributed by atoms with Crippen molar-refractivity contribution in [3.05, 3.63) is 47.6 Å². The molecule has 0 bridgehead atoms. The Hall–Kier alpha value is -1.84. The van der Waals surface area contributed by atoms with E-state index in [0.717, 1.165) is 21.4 Å². The Bertz CT molecular complexity index is 961. The van der Waals surface area contributed by atoms with Crippen molar-refractivity contribution in [3.8, 4) is 5.75 Å².